The first-order chi connectivity index (χ1) is 8.94. The summed E-state index contributed by atoms with van der Waals surface area (Å²) in [7, 11) is 1.54. The maximum Gasteiger partial charge on any atom is 0.319 e. The number of para-hydroxylation sites is 1. The van der Waals surface area contributed by atoms with E-state index in [1.807, 2.05) is 0 Å². The molecule has 1 aromatic rings. The Labute approximate surface area is 111 Å². The van der Waals surface area contributed by atoms with Gasteiger partial charge in [-0.15, -0.1) is 0 Å². The molecule has 0 saturated heterocycles. The number of carbonyl (C=O) groups is 1. The molecule has 0 aromatic heterocycles. The molecule has 1 aromatic carbocycles. The molecule has 0 heterocycles. The van der Waals surface area contributed by atoms with Crippen molar-refractivity contribution in [2.24, 2.45) is 0 Å². The molecular weight excluding hydrogens is 251 g/mol. The first-order valence-corrected chi connectivity index (χ1v) is 5.95. The van der Waals surface area contributed by atoms with Gasteiger partial charge >= 0.3 is 6.03 Å². The predicted molar refractivity (Wildman–Crippen MR) is 70.5 cm³/mol. The standard InChI is InChI=1S/C13H19FN2O3/c1-13(18,7-8-19-2)9-15-12(17)16-11-6-4-3-5-10(11)14/h3-6,18H,7-9H2,1-2H3,(H2,15,16,17)/t13-/m0/s1. The Morgan fingerprint density at radius 2 is 2.16 bits per heavy atom. The van der Waals surface area contributed by atoms with Gasteiger partial charge in [-0.2, -0.15) is 0 Å². The molecule has 19 heavy (non-hydrogen) atoms. The number of anilines is 1. The normalized spacial score (nSPS) is 13.7. The van der Waals surface area contributed by atoms with Crippen LogP contribution in [0.25, 0.3) is 0 Å². The van der Waals surface area contributed by atoms with E-state index < -0.39 is 17.4 Å². The van der Waals surface area contributed by atoms with Crippen LogP contribution in [-0.2, 0) is 4.74 Å². The molecule has 0 radical (unpaired) electrons. The highest BCUT2D eigenvalue weighted by Crippen LogP contribution is 2.12. The van der Waals surface area contributed by atoms with Gasteiger partial charge in [-0.1, -0.05) is 12.1 Å². The Hall–Kier alpha value is -1.66. The second kappa shape index (κ2) is 7.06. The molecular formula is C13H19FN2O3. The maximum atomic E-state index is 13.3. The van der Waals surface area contributed by atoms with Crippen molar-refractivity contribution >= 4 is 11.7 Å². The summed E-state index contributed by atoms with van der Waals surface area (Å²) in [6.45, 7) is 2.04. The van der Waals surface area contributed by atoms with Crippen molar-refractivity contribution in [3.05, 3.63) is 30.1 Å². The second-order valence-corrected chi connectivity index (χ2v) is 4.53. The molecule has 0 saturated carbocycles. The van der Waals surface area contributed by atoms with E-state index in [1.54, 1.807) is 13.0 Å². The average Bonchev–Trinajstić information content (AvgIpc) is 2.37. The van der Waals surface area contributed by atoms with Crippen molar-refractivity contribution in [2.75, 3.05) is 25.6 Å². The zero-order chi connectivity index (χ0) is 14.3. The van der Waals surface area contributed by atoms with Gasteiger partial charge in [-0.25, -0.2) is 9.18 Å². The van der Waals surface area contributed by atoms with Crippen molar-refractivity contribution in [3.63, 3.8) is 0 Å². The number of amides is 2. The molecule has 0 bridgehead atoms. The smallest absolute Gasteiger partial charge is 0.319 e. The van der Waals surface area contributed by atoms with Crippen molar-refractivity contribution in [2.45, 2.75) is 18.9 Å². The third kappa shape index (κ3) is 5.67. The summed E-state index contributed by atoms with van der Waals surface area (Å²) in [5.74, 6) is -0.510. The summed E-state index contributed by atoms with van der Waals surface area (Å²) in [5, 5.41) is 14.8. The molecule has 106 valence electrons. The van der Waals surface area contributed by atoms with E-state index in [9.17, 15) is 14.3 Å². The summed E-state index contributed by atoms with van der Waals surface area (Å²) in [5.41, 5.74) is -0.973. The van der Waals surface area contributed by atoms with Crippen LogP contribution in [-0.4, -0.2) is 37.0 Å². The SMILES string of the molecule is COCC[C@](C)(O)CNC(=O)Nc1ccccc1F. The fraction of sp³-hybridized carbons (Fsp3) is 0.462. The summed E-state index contributed by atoms with van der Waals surface area (Å²) >= 11 is 0. The summed E-state index contributed by atoms with van der Waals surface area (Å²) in [6.07, 6.45) is 0.392. The Morgan fingerprint density at radius 1 is 1.47 bits per heavy atom. The summed E-state index contributed by atoms with van der Waals surface area (Å²) in [6, 6.07) is 5.30. The molecule has 1 atom stereocenters. The number of halogens is 1. The third-order valence-electron chi connectivity index (χ3n) is 2.60. The third-order valence-corrected chi connectivity index (χ3v) is 2.60. The lowest BCUT2D eigenvalue weighted by atomic mass is 10.0. The topological polar surface area (TPSA) is 70.6 Å². The van der Waals surface area contributed by atoms with Gasteiger partial charge in [0.15, 0.2) is 0 Å². The molecule has 1 rings (SSSR count). The number of rotatable bonds is 6. The predicted octanol–water partition coefficient (Wildman–Crippen LogP) is 1.73. The maximum absolute atomic E-state index is 13.3. The fourth-order valence-corrected chi connectivity index (χ4v) is 1.41. The highest BCUT2D eigenvalue weighted by atomic mass is 19.1. The number of benzene rings is 1. The number of nitrogens with one attached hydrogen (secondary N) is 2. The van der Waals surface area contributed by atoms with E-state index in [0.717, 1.165) is 0 Å². The van der Waals surface area contributed by atoms with Gasteiger partial charge in [0.25, 0.3) is 0 Å². The molecule has 2 amide bonds. The highest BCUT2D eigenvalue weighted by Gasteiger charge is 2.20. The zero-order valence-electron chi connectivity index (χ0n) is 11.1. The number of hydrogen-bond acceptors (Lipinski definition) is 3. The summed E-state index contributed by atoms with van der Waals surface area (Å²) < 4.78 is 18.1. The van der Waals surface area contributed by atoms with Crippen LogP contribution in [0.15, 0.2) is 24.3 Å². The Morgan fingerprint density at radius 3 is 2.79 bits per heavy atom. The Balaban J connectivity index is 2.42. The molecule has 0 unspecified atom stereocenters. The lowest BCUT2D eigenvalue weighted by Gasteiger charge is -2.23. The average molecular weight is 270 g/mol. The number of urea groups is 1. The van der Waals surface area contributed by atoms with Crippen LogP contribution in [0.1, 0.15) is 13.3 Å². The largest absolute Gasteiger partial charge is 0.388 e. The van der Waals surface area contributed by atoms with Gasteiger partial charge in [0.1, 0.15) is 5.82 Å². The van der Waals surface area contributed by atoms with E-state index in [-0.39, 0.29) is 12.2 Å². The van der Waals surface area contributed by atoms with Crippen LogP contribution >= 0.6 is 0 Å². The van der Waals surface area contributed by atoms with Crippen LogP contribution in [0.4, 0.5) is 14.9 Å². The van der Waals surface area contributed by atoms with Crippen LogP contribution in [0.5, 0.6) is 0 Å². The molecule has 0 aliphatic rings. The van der Waals surface area contributed by atoms with E-state index in [0.29, 0.717) is 13.0 Å². The monoisotopic (exact) mass is 270 g/mol. The number of carbonyl (C=O) groups excluding carboxylic acids is 1. The van der Waals surface area contributed by atoms with E-state index in [4.69, 9.17) is 4.74 Å². The van der Waals surface area contributed by atoms with Gasteiger partial charge in [0, 0.05) is 26.7 Å². The van der Waals surface area contributed by atoms with Crippen molar-refractivity contribution in [1.29, 1.82) is 0 Å². The highest BCUT2D eigenvalue weighted by molar-refractivity contribution is 5.89. The van der Waals surface area contributed by atoms with Crippen LogP contribution in [0, 0.1) is 5.82 Å². The molecule has 0 aliphatic carbocycles. The van der Waals surface area contributed by atoms with Gasteiger partial charge in [0.2, 0.25) is 0 Å². The Bertz CT molecular complexity index is 424. The lowest BCUT2D eigenvalue weighted by Crippen LogP contribution is -2.43. The molecule has 6 heteroatoms. The lowest BCUT2D eigenvalue weighted by molar-refractivity contribution is 0.0273. The fourth-order valence-electron chi connectivity index (χ4n) is 1.41. The van der Waals surface area contributed by atoms with Crippen molar-refractivity contribution in [1.82, 2.24) is 5.32 Å². The van der Waals surface area contributed by atoms with Gasteiger partial charge < -0.3 is 20.5 Å². The van der Waals surface area contributed by atoms with Crippen LogP contribution in [0.2, 0.25) is 0 Å². The van der Waals surface area contributed by atoms with E-state index in [2.05, 4.69) is 10.6 Å². The molecule has 0 aliphatic heterocycles. The van der Waals surface area contributed by atoms with Crippen molar-refractivity contribution < 1.29 is 19.0 Å². The quantitative estimate of drug-likeness (QED) is 0.737. The molecule has 5 nitrogen and oxygen atoms in total. The second-order valence-electron chi connectivity index (χ2n) is 4.53. The van der Waals surface area contributed by atoms with Gasteiger partial charge in [-0.05, 0) is 19.1 Å². The van der Waals surface area contributed by atoms with Crippen molar-refractivity contribution in [3.8, 4) is 0 Å². The number of ether oxygens (including phenoxy) is 1. The first kappa shape index (κ1) is 15.4. The van der Waals surface area contributed by atoms with Gasteiger partial charge in [0.05, 0.1) is 11.3 Å². The summed E-state index contributed by atoms with van der Waals surface area (Å²) in [4.78, 5) is 11.6. The minimum atomic E-state index is -1.07. The number of aliphatic hydroxyl groups is 1. The van der Waals surface area contributed by atoms with Crippen LogP contribution in [0.3, 0.4) is 0 Å². The van der Waals surface area contributed by atoms with E-state index in [1.165, 1.54) is 25.3 Å². The molecule has 3 N–H and O–H groups in total. The zero-order valence-corrected chi connectivity index (χ0v) is 11.1. The van der Waals surface area contributed by atoms with Gasteiger partial charge in [-0.3, -0.25) is 0 Å². The van der Waals surface area contributed by atoms with Crippen LogP contribution < -0.4 is 10.6 Å². The number of methoxy groups -OCH3 is 1. The minimum absolute atomic E-state index is 0.0522. The Kier molecular flexibility index (Phi) is 5.72. The van der Waals surface area contributed by atoms with E-state index >= 15 is 0 Å². The molecule has 0 fully saturated rings. The number of hydrogen-bond donors (Lipinski definition) is 3. The molecule has 0 spiro atoms. The minimum Gasteiger partial charge on any atom is -0.388 e. The first-order valence-electron chi connectivity index (χ1n) is 5.95.